The van der Waals surface area contributed by atoms with Gasteiger partial charge >= 0.3 is 0 Å². The predicted octanol–water partition coefficient (Wildman–Crippen LogP) is 3.05. The zero-order chi connectivity index (χ0) is 11.6. The fraction of sp³-hybridized carbons (Fsp3) is 0.357. The summed E-state index contributed by atoms with van der Waals surface area (Å²) in [6.07, 6.45) is 6.84. The van der Waals surface area contributed by atoms with Crippen LogP contribution < -0.4 is 5.32 Å². The highest BCUT2D eigenvalue weighted by atomic mass is 16.1. The average molecular weight is 217 g/mol. The van der Waals surface area contributed by atoms with Crippen molar-refractivity contribution >= 4 is 5.91 Å². The summed E-state index contributed by atoms with van der Waals surface area (Å²) in [6.45, 7) is 2.74. The molecule has 0 unspecified atom stereocenters. The van der Waals surface area contributed by atoms with Crippen LogP contribution in [0.5, 0.6) is 0 Å². The van der Waals surface area contributed by atoms with E-state index in [2.05, 4.69) is 12.2 Å². The SMILES string of the molecule is CCCC/C=C/C(=O)NCc1ccccc1. The Morgan fingerprint density at radius 2 is 2.06 bits per heavy atom. The van der Waals surface area contributed by atoms with E-state index in [1.807, 2.05) is 36.4 Å². The first-order valence-corrected chi connectivity index (χ1v) is 5.81. The Balaban J connectivity index is 2.23. The minimum Gasteiger partial charge on any atom is -0.348 e. The molecule has 0 radical (unpaired) electrons. The summed E-state index contributed by atoms with van der Waals surface area (Å²) in [5.41, 5.74) is 1.12. The Morgan fingerprint density at radius 1 is 1.31 bits per heavy atom. The second kappa shape index (κ2) is 7.69. The van der Waals surface area contributed by atoms with Crippen LogP contribution in [0.2, 0.25) is 0 Å². The number of unbranched alkanes of at least 4 members (excludes halogenated alkanes) is 2. The number of hydrogen-bond donors (Lipinski definition) is 1. The largest absolute Gasteiger partial charge is 0.348 e. The summed E-state index contributed by atoms with van der Waals surface area (Å²) in [5, 5.41) is 2.85. The first-order chi connectivity index (χ1) is 7.83. The van der Waals surface area contributed by atoms with Gasteiger partial charge in [0.05, 0.1) is 0 Å². The maximum Gasteiger partial charge on any atom is 0.243 e. The van der Waals surface area contributed by atoms with Crippen molar-refractivity contribution in [1.29, 1.82) is 0 Å². The Labute approximate surface area is 97.4 Å². The van der Waals surface area contributed by atoms with Gasteiger partial charge in [-0.1, -0.05) is 56.2 Å². The highest BCUT2D eigenvalue weighted by molar-refractivity contribution is 5.87. The molecule has 0 aromatic heterocycles. The number of hydrogen-bond acceptors (Lipinski definition) is 1. The number of rotatable bonds is 6. The smallest absolute Gasteiger partial charge is 0.243 e. The van der Waals surface area contributed by atoms with Gasteiger partial charge in [-0.15, -0.1) is 0 Å². The van der Waals surface area contributed by atoms with Crippen molar-refractivity contribution < 1.29 is 4.79 Å². The van der Waals surface area contributed by atoms with Gasteiger partial charge in [0.1, 0.15) is 0 Å². The molecule has 1 rings (SSSR count). The van der Waals surface area contributed by atoms with Crippen LogP contribution in [0, 0.1) is 0 Å². The zero-order valence-corrected chi connectivity index (χ0v) is 9.78. The number of amides is 1. The number of allylic oxidation sites excluding steroid dienone is 1. The molecule has 16 heavy (non-hydrogen) atoms. The molecule has 0 saturated heterocycles. The van der Waals surface area contributed by atoms with Crippen LogP contribution in [0.4, 0.5) is 0 Å². The topological polar surface area (TPSA) is 29.1 Å². The molecule has 0 fully saturated rings. The van der Waals surface area contributed by atoms with Crippen molar-refractivity contribution in [2.24, 2.45) is 0 Å². The molecule has 0 aliphatic rings. The lowest BCUT2D eigenvalue weighted by Crippen LogP contribution is -2.20. The average Bonchev–Trinajstić information content (AvgIpc) is 2.33. The van der Waals surface area contributed by atoms with E-state index in [1.54, 1.807) is 6.08 Å². The van der Waals surface area contributed by atoms with Gasteiger partial charge in [0.25, 0.3) is 0 Å². The Kier molecular flexibility index (Phi) is 6.00. The normalized spacial score (nSPS) is 10.6. The van der Waals surface area contributed by atoms with Crippen molar-refractivity contribution in [1.82, 2.24) is 5.32 Å². The summed E-state index contributed by atoms with van der Waals surface area (Å²) < 4.78 is 0. The van der Waals surface area contributed by atoms with Crippen molar-refractivity contribution in [2.75, 3.05) is 0 Å². The highest BCUT2D eigenvalue weighted by Crippen LogP contribution is 1.98. The predicted molar refractivity (Wildman–Crippen MR) is 67.0 cm³/mol. The van der Waals surface area contributed by atoms with Gasteiger partial charge in [-0.05, 0) is 18.1 Å². The monoisotopic (exact) mass is 217 g/mol. The van der Waals surface area contributed by atoms with Gasteiger partial charge in [0.15, 0.2) is 0 Å². The molecule has 86 valence electrons. The van der Waals surface area contributed by atoms with Gasteiger partial charge in [0.2, 0.25) is 5.91 Å². The first-order valence-electron chi connectivity index (χ1n) is 5.81. The van der Waals surface area contributed by atoms with Gasteiger partial charge < -0.3 is 5.32 Å². The van der Waals surface area contributed by atoms with Gasteiger partial charge in [-0.2, -0.15) is 0 Å². The lowest BCUT2D eigenvalue weighted by molar-refractivity contribution is -0.116. The summed E-state index contributed by atoms with van der Waals surface area (Å²) in [6, 6.07) is 9.91. The van der Waals surface area contributed by atoms with Gasteiger partial charge in [-0.3, -0.25) is 4.79 Å². The first kappa shape index (κ1) is 12.5. The second-order valence-electron chi connectivity index (χ2n) is 3.75. The fourth-order valence-corrected chi connectivity index (χ4v) is 1.36. The third-order valence-corrected chi connectivity index (χ3v) is 2.30. The molecule has 1 amide bonds. The molecule has 0 bridgehead atoms. The third-order valence-electron chi connectivity index (χ3n) is 2.30. The molecular formula is C14H19NO. The van der Waals surface area contributed by atoms with Gasteiger partial charge in [-0.25, -0.2) is 0 Å². The van der Waals surface area contributed by atoms with Crippen molar-refractivity contribution in [3.05, 3.63) is 48.0 Å². The maximum absolute atomic E-state index is 11.4. The Morgan fingerprint density at radius 3 is 2.75 bits per heavy atom. The second-order valence-corrected chi connectivity index (χ2v) is 3.75. The van der Waals surface area contributed by atoms with Crippen LogP contribution in [0.15, 0.2) is 42.5 Å². The van der Waals surface area contributed by atoms with Gasteiger partial charge in [0, 0.05) is 6.54 Å². The van der Waals surface area contributed by atoms with Crippen molar-refractivity contribution in [3.63, 3.8) is 0 Å². The zero-order valence-electron chi connectivity index (χ0n) is 9.78. The summed E-state index contributed by atoms with van der Waals surface area (Å²) in [4.78, 5) is 11.4. The number of carbonyl (C=O) groups excluding carboxylic acids is 1. The molecule has 2 heteroatoms. The summed E-state index contributed by atoms with van der Waals surface area (Å²) in [5.74, 6) is -0.0139. The van der Waals surface area contributed by atoms with E-state index in [0.29, 0.717) is 6.54 Å². The number of carbonyl (C=O) groups is 1. The molecule has 1 aromatic rings. The van der Waals surface area contributed by atoms with E-state index in [-0.39, 0.29) is 5.91 Å². The van der Waals surface area contributed by atoms with Crippen LogP contribution >= 0.6 is 0 Å². The lowest BCUT2D eigenvalue weighted by atomic mass is 10.2. The van der Waals surface area contributed by atoms with Crippen molar-refractivity contribution in [3.8, 4) is 0 Å². The van der Waals surface area contributed by atoms with Crippen LogP contribution in [-0.4, -0.2) is 5.91 Å². The van der Waals surface area contributed by atoms with E-state index in [9.17, 15) is 4.79 Å². The molecule has 0 heterocycles. The number of benzene rings is 1. The van der Waals surface area contributed by atoms with Crippen molar-refractivity contribution in [2.45, 2.75) is 32.7 Å². The Hall–Kier alpha value is -1.57. The lowest BCUT2D eigenvalue weighted by Gasteiger charge is -2.01. The van der Waals surface area contributed by atoms with Crippen LogP contribution in [0.3, 0.4) is 0 Å². The minimum atomic E-state index is -0.0139. The maximum atomic E-state index is 11.4. The molecule has 0 aliphatic carbocycles. The van der Waals surface area contributed by atoms with E-state index < -0.39 is 0 Å². The minimum absolute atomic E-state index is 0.0139. The molecule has 2 nitrogen and oxygen atoms in total. The van der Waals surface area contributed by atoms with E-state index in [0.717, 1.165) is 24.8 Å². The fourth-order valence-electron chi connectivity index (χ4n) is 1.36. The molecule has 0 spiro atoms. The standard InChI is InChI=1S/C14H19NO/c1-2-3-4-8-11-14(16)15-12-13-9-6-5-7-10-13/h5-11H,2-4,12H2,1H3,(H,15,16)/b11-8+. The number of nitrogens with one attached hydrogen (secondary N) is 1. The molecule has 0 atom stereocenters. The molecule has 0 saturated carbocycles. The highest BCUT2D eigenvalue weighted by Gasteiger charge is 1.94. The van der Waals surface area contributed by atoms with Crippen LogP contribution in [-0.2, 0) is 11.3 Å². The molecular weight excluding hydrogens is 198 g/mol. The van der Waals surface area contributed by atoms with E-state index in [4.69, 9.17) is 0 Å². The summed E-state index contributed by atoms with van der Waals surface area (Å²) >= 11 is 0. The molecule has 1 N–H and O–H groups in total. The third kappa shape index (κ3) is 5.35. The quantitative estimate of drug-likeness (QED) is 0.576. The van der Waals surface area contributed by atoms with E-state index in [1.165, 1.54) is 0 Å². The summed E-state index contributed by atoms with van der Waals surface area (Å²) in [7, 11) is 0. The van der Waals surface area contributed by atoms with E-state index >= 15 is 0 Å². The molecule has 1 aromatic carbocycles. The van der Waals surface area contributed by atoms with Crippen LogP contribution in [0.25, 0.3) is 0 Å². The molecule has 0 aliphatic heterocycles. The Bertz CT molecular complexity index is 330. The van der Waals surface area contributed by atoms with Crippen LogP contribution in [0.1, 0.15) is 31.7 Å².